The van der Waals surface area contributed by atoms with Gasteiger partial charge < -0.3 is 9.30 Å². The summed E-state index contributed by atoms with van der Waals surface area (Å²) in [5.41, 5.74) is 1.20. The van der Waals surface area contributed by atoms with E-state index in [1.165, 1.54) is 17.3 Å². The Morgan fingerprint density at radius 1 is 1.23 bits per heavy atom. The molecule has 1 aromatic heterocycles. The number of aromatic nitrogens is 3. The molecule has 6 heteroatoms. The first-order valence-electron chi connectivity index (χ1n) is 7.49. The number of carbonyl (C=O) groups excluding carboxylic acids is 1. The van der Waals surface area contributed by atoms with E-state index >= 15 is 0 Å². The first-order valence-corrected chi connectivity index (χ1v) is 8.47. The van der Waals surface area contributed by atoms with Crippen molar-refractivity contribution in [2.45, 2.75) is 38.4 Å². The molecule has 0 aliphatic rings. The molecule has 0 N–H and O–H groups in total. The van der Waals surface area contributed by atoms with E-state index in [2.05, 4.69) is 33.8 Å². The van der Waals surface area contributed by atoms with E-state index in [4.69, 9.17) is 4.74 Å². The van der Waals surface area contributed by atoms with Crippen molar-refractivity contribution in [1.29, 1.82) is 0 Å². The minimum Gasteiger partial charge on any atom is -0.465 e. The van der Waals surface area contributed by atoms with Crippen molar-refractivity contribution in [3.63, 3.8) is 0 Å². The lowest BCUT2D eigenvalue weighted by Crippen LogP contribution is -2.09. The third-order valence-electron chi connectivity index (χ3n) is 3.07. The first-order chi connectivity index (χ1) is 10.7. The number of carbonyl (C=O) groups is 1. The third kappa shape index (κ3) is 4.59. The first kappa shape index (κ1) is 16.5. The molecule has 118 valence electrons. The standard InChI is InChI=1S/C16H21N3O2S/c1-3-10-19-14(11-13-8-6-5-7-9-13)17-18-16(19)22-12-15(20)21-4-2/h5-9H,3-4,10-12H2,1-2H3. The highest BCUT2D eigenvalue weighted by Crippen LogP contribution is 2.19. The molecule has 1 aromatic carbocycles. The molecule has 0 spiro atoms. The summed E-state index contributed by atoms with van der Waals surface area (Å²) >= 11 is 1.38. The molecule has 0 saturated carbocycles. The zero-order valence-electron chi connectivity index (χ0n) is 13.0. The molecule has 0 fully saturated rings. The summed E-state index contributed by atoms with van der Waals surface area (Å²) in [5.74, 6) is 0.976. The van der Waals surface area contributed by atoms with Crippen LogP contribution in [0.4, 0.5) is 0 Å². The van der Waals surface area contributed by atoms with Gasteiger partial charge in [-0.25, -0.2) is 0 Å². The molecule has 0 aliphatic heterocycles. The van der Waals surface area contributed by atoms with Gasteiger partial charge in [-0.15, -0.1) is 10.2 Å². The molecule has 0 unspecified atom stereocenters. The van der Waals surface area contributed by atoms with Gasteiger partial charge in [0.1, 0.15) is 5.82 Å². The second kappa shape index (κ2) is 8.58. The van der Waals surface area contributed by atoms with Crippen molar-refractivity contribution in [2.75, 3.05) is 12.4 Å². The molecule has 0 radical (unpaired) electrons. The predicted octanol–water partition coefficient (Wildman–Crippen LogP) is 2.93. The lowest BCUT2D eigenvalue weighted by Gasteiger charge is -2.08. The van der Waals surface area contributed by atoms with Gasteiger partial charge >= 0.3 is 5.97 Å². The molecule has 1 heterocycles. The molecule has 0 amide bonds. The van der Waals surface area contributed by atoms with Crippen molar-refractivity contribution in [3.8, 4) is 0 Å². The van der Waals surface area contributed by atoms with Gasteiger partial charge in [-0.1, -0.05) is 49.0 Å². The van der Waals surface area contributed by atoms with Crippen molar-refractivity contribution >= 4 is 17.7 Å². The normalized spacial score (nSPS) is 10.6. The fraction of sp³-hybridized carbons (Fsp3) is 0.438. The van der Waals surface area contributed by atoms with Crippen LogP contribution < -0.4 is 0 Å². The Hall–Kier alpha value is -1.82. The molecule has 22 heavy (non-hydrogen) atoms. The Kier molecular flexibility index (Phi) is 6.45. The highest BCUT2D eigenvalue weighted by atomic mass is 32.2. The van der Waals surface area contributed by atoms with Gasteiger partial charge in [0, 0.05) is 13.0 Å². The van der Waals surface area contributed by atoms with Gasteiger partial charge in [-0.05, 0) is 18.9 Å². The van der Waals surface area contributed by atoms with Crippen LogP contribution in [0.2, 0.25) is 0 Å². The summed E-state index contributed by atoms with van der Waals surface area (Å²) < 4.78 is 7.04. The summed E-state index contributed by atoms with van der Waals surface area (Å²) in [6.45, 7) is 5.17. The highest BCUT2D eigenvalue weighted by molar-refractivity contribution is 7.99. The van der Waals surface area contributed by atoms with Crippen LogP contribution in [0.15, 0.2) is 35.5 Å². The molecular weight excluding hydrogens is 298 g/mol. The van der Waals surface area contributed by atoms with Crippen LogP contribution in [0.25, 0.3) is 0 Å². The van der Waals surface area contributed by atoms with Crippen LogP contribution >= 0.6 is 11.8 Å². The van der Waals surface area contributed by atoms with Crippen molar-refractivity contribution in [3.05, 3.63) is 41.7 Å². The van der Waals surface area contributed by atoms with Crippen LogP contribution in [0.3, 0.4) is 0 Å². The topological polar surface area (TPSA) is 57.0 Å². The maximum Gasteiger partial charge on any atom is 0.316 e. The van der Waals surface area contributed by atoms with Crippen molar-refractivity contribution in [1.82, 2.24) is 14.8 Å². The molecule has 0 saturated heterocycles. The summed E-state index contributed by atoms with van der Waals surface area (Å²) in [6.07, 6.45) is 1.74. The van der Waals surface area contributed by atoms with Gasteiger partial charge in [0.25, 0.3) is 0 Å². The van der Waals surface area contributed by atoms with Crippen LogP contribution in [0.1, 0.15) is 31.7 Å². The molecule has 0 aliphatic carbocycles. The lowest BCUT2D eigenvalue weighted by molar-refractivity contribution is -0.139. The van der Waals surface area contributed by atoms with Gasteiger partial charge in [-0.3, -0.25) is 4.79 Å². The molecule has 0 atom stereocenters. The van der Waals surface area contributed by atoms with Gasteiger partial charge in [-0.2, -0.15) is 0 Å². The van der Waals surface area contributed by atoms with E-state index in [0.717, 1.165) is 30.4 Å². The third-order valence-corrected chi connectivity index (χ3v) is 4.01. The fourth-order valence-electron chi connectivity index (χ4n) is 2.11. The van der Waals surface area contributed by atoms with E-state index in [1.807, 2.05) is 18.2 Å². The number of esters is 1. The van der Waals surface area contributed by atoms with E-state index in [0.29, 0.717) is 6.61 Å². The molecular formula is C16H21N3O2S. The summed E-state index contributed by atoms with van der Waals surface area (Å²) in [5, 5.41) is 9.30. The smallest absolute Gasteiger partial charge is 0.316 e. The summed E-state index contributed by atoms with van der Waals surface area (Å²) in [4.78, 5) is 11.5. The van der Waals surface area contributed by atoms with Gasteiger partial charge in [0.05, 0.1) is 12.4 Å². The van der Waals surface area contributed by atoms with Gasteiger partial charge in [0.15, 0.2) is 5.16 Å². The minimum absolute atomic E-state index is 0.219. The summed E-state index contributed by atoms with van der Waals surface area (Å²) in [6, 6.07) is 10.2. The number of benzene rings is 1. The Bertz CT molecular complexity index is 599. The van der Waals surface area contributed by atoms with Crippen molar-refractivity contribution in [2.24, 2.45) is 0 Å². The average molecular weight is 319 g/mol. The zero-order valence-corrected chi connectivity index (χ0v) is 13.8. The molecule has 2 aromatic rings. The zero-order chi connectivity index (χ0) is 15.8. The fourth-order valence-corrected chi connectivity index (χ4v) is 2.89. The number of nitrogens with zero attached hydrogens (tertiary/aromatic N) is 3. The van der Waals surface area contributed by atoms with Crippen LogP contribution in [0.5, 0.6) is 0 Å². The lowest BCUT2D eigenvalue weighted by atomic mass is 10.1. The quantitative estimate of drug-likeness (QED) is 0.553. The highest BCUT2D eigenvalue weighted by Gasteiger charge is 2.14. The Balaban J connectivity index is 2.09. The Labute approximate surface area is 135 Å². The van der Waals surface area contributed by atoms with Gasteiger partial charge in [0.2, 0.25) is 0 Å². The molecule has 2 rings (SSSR count). The molecule has 5 nitrogen and oxygen atoms in total. The number of hydrogen-bond donors (Lipinski definition) is 0. The Morgan fingerprint density at radius 3 is 2.68 bits per heavy atom. The monoisotopic (exact) mass is 319 g/mol. The summed E-state index contributed by atoms with van der Waals surface area (Å²) in [7, 11) is 0. The number of ether oxygens (including phenoxy) is 1. The second-order valence-corrected chi connectivity index (χ2v) is 5.75. The average Bonchev–Trinajstić information content (AvgIpc) is 2.89. The van der Waals surface area contributed by atoms with Crippen molar-refractivity contribution < 1.29 is 9.53 Å². The van der Waals surface area contributed by atoms with Crippen LogP contribution in [-0.4, -0.2) is 33.1 Å². The number of thioether (sulfide) groups is 1. The maximum absolute atomic E-state index is 11.5. The number of rotatable bonds is 8. The molecule has 0 bridgehead atoms. The Morgan fingerprint density at radius 2 is 2.00 bits per heavy atom. The van der Waals surface area contributed by atoms with E-state index in [9.17, 15) is 4.79 Å². The van der Waals surface area contributed by atoms with E-state index < -0.39 is 0 Å². The van der Waals surface area contributed by atoms with Crippen LogP contribution in [-0.2, 0) is 22.5 Å². The second-order valence-electron chi connectivity index (χ2n) is 4.81. The minimum atomic E-state index is -0.219. The van der Waals surface area contributed by atoms with E-state index in [-0.39, 0.29) is 11.7 Å². The predicted molar refractivity (Wildman–Crippen MR) is 86.9 cm³/mol. The SMILES string of the molecule is CCCn1c(Cc2ccccc2)nnc1SCC(=O)OCC. The number of hydrogen-bond acceptors (Lipinski definition) is 5. The van der Waals surface area contributed by atoms with Crippen LogP contribution in [0, 0.1) is 0 Å². The largest absolute Gasteiger partial charge is 0.465 e. The van der Waals surface area contributed by atoms with E-state index in [1.54, 1.807) is 6.92 Å². The maximum atomic E-state index is 11.5.